The lowest BCUT2D eigenvalue weighted by Gasteiger charge is -2.16. The molecule has 8 heteroatoms. The zero-order valence-corrected chi connectivity index (χ0v) is 17.3. The Morgan fingerprint density at radius 1 is 1.15 bits per heavy atom. The highest BCUT2D eigenvalue weighted by Crippen LogP contribution is 2.28. The van der Waals surface area contributed by atoms with Crippen LogP contribution in [0.4, 0.5) is 5.69 Å². The van der Waals surface area contributed by atoms with Crippen LogP contribution in [0.15, 0.2) is 45.8 Å². The summed E-state index contributed by atoms with van der Waals surface area (Å²) in [5.74, 6) is -0.430. The van der Waals surface area contributed by atoms with Crippen molar-refractivity contribution in [3.8, 4) is 0 Å². The van der Waals surface area contributed by atoms with Gasteiger partial charge in [0.1, 0.15) is 0 Å². The number of amides is 1. The summed E-state index contributed by atoms with van der Waals surface area (Å²) in [5.41, 5.74) is 1.69. The molecular formula is C18H18BrClN2O3S. The van der Waals surface area contributed by atoms with E-state index in [0.717, 1.165) is 18.4 Å². The van der Waals surface area contributed by atoms with Crippen LogP contribution < -0.4 is 5.32 Å². The molecule has 0 aliphatic carbocycles. The fraction of sp³-hybridized carbons (Fsp3) is 0.278. The van der Waals surface area contributed by atoms with Crippen LogP contribution in [0, 0.1) is 6.92 Å². The summed E-state index contributed by atoms with van der Waals surface area (Å²) in [5, 5.41) is 3.16. The summed E-state index contributed by atoms with van der Waals surface area (Å²) in [7, 11) is -3.59. The third-order valence-corrected chi connectivity index (χ3v) is 7.16. The molecule has 0 saturated carbocycles. The minimum atomic E-state index is -3.59. The Kier molecular flexibility index (Phi) is 5.72. The van der Waals surface area contributed by atoms with Crippen LogP contribution in [-0.2, 0) is 10.0 Å². The number of carbonyl (C=O) groups excluding carboxylic acids is 1. The van der Waals surface area contributed by atoms with E-state index in [4.69, 9.17) is 11.6 Å². The third kappa shape index (κ3) is 3.96. The van der Waals surface area contributed by atoms with Crippen molar-refractivity contribution in [3.05, 3.63) is 57.0 Å². The van der Waals surface area contributed by atoms with E-state index in [1.807, 2.05) is 13.0 Å². The molecule has 2 aromatic rings. The van der Waals surface area contributed by atoms with Crippen molar-refractivity contribution in [2.75, 3.05) is 18.4 Å². The average molecular weight is 458 g/mol. The van der Waals surface area contributed by atoms with Gasteiger partial charge in [-0.3, -0.25) is 4.79 Å². The molecule has 1 amide bonds. The lowest BCUT2D eigenvalue weighted by molar-refractivity contribution is 0.102. The lowest BCUT2D eigenvalue weighted by atomic mass is 10.2. The second kappa shape index (κ2) is 7.68. The van der Waals surface area contributed by atoms with Crippen LogP contribution in [0.3, 0.4) is 0 Å². The molecule has 0 atom stereocenters. The van der Waals surface area contributed by atoms with E-state index in [-0.39, 0.29) is 10.5 Å². The first-order valence-corrected chi connectivity index (χ1v) is 10.8. The summed E-state index contributed by atoms with van der Waals surface area (Å²) in [6.07, 6.45) is 1.71. The number of benzene rings is 2. The Labute approximate surface area is 166 Å². The number of nitrogens with one attached hydrogen (secondary N) is 1. The molecule has 138 valence electrons. The van der Waals surface area contributed by atoms with Gasteiger partial charge in [0.05, 0.1) is 21.2 Å². The zero-order chi connectivity index (χ0) is 18.9. The highest BCUT2D eigenvalue weighted by molar-refractivity contribution is 9.10. The van der Waals surface area contributed by atoms with Gasteiger partial charge in [0.2, 0.25) is 10.0 Å². The standard InChI is InChI=1S/C18H18BrClN2O3S/c1-12-4-7-17(16(20)10-12)21-18(23)14-11-13(5-6-15(14)19)26(24,25)22-8-2-3-9-22/h4-7,10-11H,2-3,8-9H2,1H3,(H,21,23). The second-order valence-electron chi connectivity index (χ2n) is 6.19. The summed E-state index contributed by atoms with van der Waals surface area (Å²) in [6.45, 7) is 2.93. The molecule has 0 radical (unpaired) electrons. The van der Waals surface area contributed by atoms with Crippen LogP contribution in [0.1, 0.15) is 28.8 Å². The molecule has 1 N–H and O–H groups in total. The van der Waals surface area contributed by atoms with E-state index in [1.54, 1.807) is 18.2 Å². The van der Waals surface area contributed by atoms with Gasteiger partial charge in [-0.25, -0.2) is 8.42 Å². The Morgan fingerprint density at radius 2 is 1.85 bits per heavy atom. The van der Waals surface area contributed by atoms with E-state index in [0.29, 0.717) is 28.3 Å². The maximum Gasteiger partial charge on any atom is 0.256 e. The second-order valence-corrected chi connectivity index (χ2v) is 9.39. The number of rotatable bonds is 4. The van der Waals surface area contributed by atoms with Gasteiger partial charge in [-0.15, -0.1) is 0 Å². The Morgan fingerprint density at radius 3 is 2.50 bits per heavy atom. The first kappa shape index (κ1) is 19.4. The topological polar surface area (TPSA) is 66.5 Å². The molecule has 1 heterocycles. The average Bonchev–Trinajstić information content (AvgIpc) is 3.13. The van der Waals surface area contributed by atoms with Crippen LogP contribution >= 0.6 is 27.5 Å². The van der Waals surface area contributed by atoms with Crippen molar-refractivity contribution in [2.45, 2.75) is 24.7 Å². The highest BCUT2D eigenvalue weighted by atomic mass is 79.9. The van der Waals surface area contributed by atoms with Crippen LogP contribution in [0.2, 0.25) is 5.02 Å². The maximum atomic E-state index is 12.7. The number of hydrogen-bond donors (Lipinski definition) is 1. The minimum absolute atomic E-state index is 0.114. The summed E-state index contributed by atoms with van der Waals surface area (Å²) in [6, 6.07) is 9.79. The molecule has 1 fully saturated rings. The number of carbonyl (C=O) groups is 1. The summed E-state index contributed by atoms with van der Waals surface area (Å²) in [4.78, 5) is 12.8. The quantitative estimate of drug-likeness (QED) is 0.738. The van der Waals surface area contributed by atoms with Gasteiger partial charge in [0.15, 0.2) is 0 Å². The molecule has 2 aromatic carbocycles. The molecule has 0 spiro atoms. The minimum Gasteiger partial charge on any atom is -0.321 e. The number of hydrogen-bond acceptors (Lipinski definition) is 3. The number of aryl methyl sites for hydroxylation is 1. The van der Waals surface area contributed by atoms with Gasteiger partial charge in [0, 0.05) is 17.6 Å². The van der Waals surface area contributed by atoms with Crippen molar-refractivity contribution >= 4 is 49.1 Å². The van der Waals surface area contributed by atoms with E-state index in [9.17, 15) is 13.2 Å². The lowest BCUT2D eigenvalue weighted by Crippen LogP contribution is -2.28. The third-order valence-electron chi connectivity index (χ3n) is 4.26. The number of halogens is 2. The zero-order valence-electron chi connectivity index (χ0n) is 14.1. The van der Waals surface area contributed by atoms with Crippen molar-refractivity contribution in [1.82, 2.24) is 4.31 Å². The molecule has 0 bridgehead atoms. The molecule has 1 saturated heterocycles. The van der Waals surface area contributed by atoms with E-state index in [2.05, 4.69) is 21.2 Å². The SMILES string of the molecule is Cc1ccc(NC(=O)c2cc(S(=O)(=O)N3CCCC3)ccc2Br)c(Cl)c1. The van der Waals surface area contributed by atoms with Crippen LogP contribution in [0.25, 0.3) is 0 Å². The fourth-order valence-corrected chi connectivity index (χ4v) is 5.08. The molecule has 26 heavy (non-hydrogen) atoms. The van der Waals surface area contributed by atoms with E-state index >= 15 is 0 Å². The normalized spacial score (nSPS) is 15.2. The maximum absolute atomic E-state index is 12.7. The number of sulfonamides is 1. The Balaban J connectivity index is 1.91. The molecule has 1 aliphatic heterocycles. The molecule has 3 rings (SSSR count). The van der Waals surface area contributed by atoms with Gasteiger partial charge < -0.3 is 5.32 Å². The van der Waals surface area contributed by atoms with Crippen molar-refractivity contribution < 1.29 is 13.2 Å². The summed E-state index contributed by atoms with van der Waals surface area (Å²) < 4.78 is 27.4. The molecule has 0 unspecified atom stereocenters. The van der Waals surface area contributed by atoms with Gasteiger partial charge in [-0.1, -0.05) is 17.7 Å². The molecular weight excluding hydrogens is 440 g/mol. The van der Waals surface area contributed by atoms with Gasteiger partial charge in [0.25, 0.3) is 5.91 Å². The van der Waals surface area contributed by atoms with Crippen molar-refractivity contribution in [2.24, 2.45) is 0 Å². The Hall–Kier alpha value is -1.41. The fourth-order valence-electron chi connectivity index (χ4n) is 2.83. The number of nitrogens with zero attached hydrogens (tertiary/aromatic N) is 1. The first-order valence-electron chi connectivity index (χ1n) is 8.16. The predicted octanol–water partition coefficient (Wildman–Crippen LogP) is 4.45. The highest BCUT2D eigenvalue weighted by Gasteiger charge is 2.28. The van der Waals surface area contributed by atoms with Crippen LogP contribution in [-0.4, -0.2) is 31.7 Å². The first-order chi connectivity index (χ1) is 12.3. The molecule has 0 aromatic heterocycles. The molecule has 1 aliphatic rings. The van der Waals surface area contributed by atoms with E-state index in [1.165, 1.54) is 16.4 Å². The van der Waals surface area contributed by atoms with E-state index < -0.39 is 15.9 Å². The van der Waals surface area contributed by atoms with Crippen molar-refractivity contribution in [1.29, 1.82) is 0 Å². The largest absolute Gasteiger partial charge is 0.321 e. The van der Waals surface area contributed by atoms with Gasteiger partial charge in [-0.05, 0) is 71.6 Å². The monoisotopic (exact) mass is 456 g/mol. The smallest absolute Gasteiger partial charge is 0.256 e. The van der Waals surface area contributed by atoms with Crippen LogP contribution in [0.5, 0.6) is 0 Å². The van der Waals surface area contributed by atoms with Crippen molar-refractivity contribution in [3.63, 3.8) is 0 Å². The number of anilines is 1. The van der Waals surface area contributed by atoms with Gasteiger partial charge in [-0.2, -0.15) is 4.31 Å². The molecule has 5 nitrogen and oxygen atoms in total. The summed E-state index contributed by atoms with van der Waals surface area (Å²) >= 11 is 9.48. The predicted molar refractivity (Wildman–Crippen MR) is 106 cm³/mol. The Bertz CT molecular complexity index is 957. The van der Waals surface area contributed by atoms with Gasteiger partial charge >= 0.3 is 0 Å².